The van der Waals surface area contributed by atoms with E-state index in [1.807, 2.05) is 12.1 Å². The number of piperidine rings is 1. The fourth-order valence-corrected chi connectivity index (χ4v) is 4.45. The summed E-state index contributed by atoms with van der Waals surface area (Å²) in [6.07, 6.45) is 7.63. The van der Waals surface area contributed by atoms with Crippen molar-refractivity contribution >= 4 is 11.8 Å². The Morgan fingerprint density at radius 2 is 1.55 bits per heavy atom. The molecule has 0 bridgehead atoms. The first-order valence-corrected chi connectivity index (χ1v) is 8.45. The van der Waals surface area contributed by atoms with Gasteiger partial charge < -0.3 is 0 Å². The first-order valence-electron chi connectivity index (χ1n) is 8.45. The molecule has 116 valence electrons. The van der Waals surface area contributed by atoms with Gasteiger partial charge in [0.05, 0.1) is 17.8 Å². The zero-order valence-electron chi connectivity index (χ0n) is 12.8. The smallest absolute Gasteiger partial charge is 0.262 e. The first-order chi connectivity index (χ1) is 10.8. The number of hydrogen-bond acceptors (Lipinski definition) is 3. The van der Waals surface area contributed by atoms with Crippen molar-refractivity contribution in [2.24, 2.45) is 5.92 Å². The number of rotatable bonds is 2. The molecule has 0 radical (unpaired) electrons. The lowest BCUT2D eigenvalue weighted by atomic mass is 9.78. The van der Waals surface area contributed by atoms with Crippen LogP contribution in [0.25, 0.3) is 0 Å². The average molecular weight is 298 g/mol. The number of benzene rings is 1. The zero-order chi connectivity index (χ0) is 15.1. The van der Waals surface area contributed by atoms with E-state index in [1.165, 1.54) is 43.4 Å². The molecule has 2 fully saturated rings. The van der Waals surface area contributed by atoms with Crippen LogP contribution in [0, 0.1) is 5.92 Å². The third-order valence-corrected chi connectivity index (χ3v) is 5.56. The maximum atomic E-state index is 12.5. The van der Waals surface area contributed by atoms with Crippen LogP contribution in [0.5, 0.6) is 0 Å². The summed E-state index contributed by atoms with van der Waals surface area (Å²) in [7, 11) is 0. The molecule has 1 saturated carbocycles. The fraction of sp³-hybridized carbons (Fsp3) is 0.556. The number of amides is 2. The molecule has 2 aliphatic heterocycles. The molecule has 1 aromatic carbocycles. The van der Waals surface area contributed by atoms with Crippen molar-refractivity contribution in [1.82, 2.24) is 9.80 Å². The van der Waals surface area contributed by atoms with Crippen molar-refractivity contribution < 1.29 is 9.59 Å². The van der Waals surface area contributed by atoms with E-state index in [-0.39, 0.29) is 11.8 Å². The van der Waals surface area contributed by atoms with Crippen LogP contribution >= 0.6 is 0 Å². The molecule has 1 saturated heterocycles. The quantitative estimate of drug-likeness (QED) is 0.788. The van der Waals surface area contributed by atoms with Gasteiger partial charge in [-0.3, -0.25) is 19.4 Å². The molecular weight excluding hydrogens is 276 g/mol. The van der Waals surface area contributed by atoms with Crippen molar-refractivity contribution in [1.29, 1.82) is 0 Å². The van der Waals surface area contributed by atoms with Gasteiger partial charge in [0.25, 0.3) is 11.8 Å². The van der Waals surface area contributed by atoms with Crippen LogP contribution in [-0.4, -0.2) is 40.9 Å². The van der Waals surface area contributed by atoms with Crippen molar-refractivity contribution in [3.8, 4) is 0 Å². The summed E-state index contributed by atoms with van der Waals surface area (Å²) in [6, 6.07) is 7.73. The highest BCUT2D eigenvalue weighted by Crippen LogP contribution is 2.36. The lowest BCUT2D eigenvalue weighted by Gasteiger charge is -2.45. The van der Waals surface area contributed by atoms with E-state index in [2.05, 4.69) is 4.90 Å². The van der Waals surface area contributed by atoms with Crippen LogP contribution in [0.2, 0.25) is 0 Å². The van der Waals surface area contributed by atoms with Gasteiger partial charge in [0.2, 0.25) is 0 Å². The molecule has 2 heterocycles. The molecule has 0 spiro atoms. The Bertz CT molecular complexity index is 576. The SMILES string of the molecule is O=C1c2ccccc2C(=O)N1CN1CCC[C@H]2CCCC[C@@H]21. The number of likely N-dealkylation sites (tertiary alicyclic amines) is 1. The monoisotopic (exact) mass is 298 g/mol. The van der Waals surface area contributed by atoms with Gasteiger partial charge in [-0.2, -0.15) is 0 Å². The van der Waals surface area contributed by atoms with Crippen molar-refractivity contribution in [2.75, 3.05) is 13.2 Å². The van der Waals surface area contributed by atoms with Crippen molar-refractivity contribution in [3.05, 3.63) is 35.4 Å². The topological polar surface area (TPSA) is 40.6 Å². The third-order valence-electron chi connectivity index (χ3n) is 5.56. The van der Waals surface area contributed by atoms with E-state index in [0.29, 0.717) is 23.8 Å². The van der Waals surface area contributed by atoms with Crippen LogP contribution in [0.15, 0.2) is 24.3 Å². The fourth-order valence-electron chi connectivity index (χ4n) is 4.45. The number of imide groups is 1. The lowest BCUT2D eigenvalue weighted by molar-refractivity contribution is 0.0170. The van der Waals surface area contributed by atoms with Gasteiger partial charge in [-0.25, -0.2) is 0 Å². The number of nitrogens with zero attached hydrogens (tertiary/aromatic N) is 2. The minimum atomic E-state index is -0.126. The molecule has 1 aromatic rings. The second-order valence-electron chi connectivity index (χ2n) is 6.79. The number of fused-ring (bicyclic) bond motifs is 2. The van der Waals surface area contributed by atoms with Crippen molar-refractivity contribution in [3.63, 3.8) is 0 Å². The highest BCUT2D eigenvalue weighted by atomic mass is 16.2. The molecular formula is C18H22N2O2. The van der Waals surface area contributed by atoms with Crippen molar-refractivity contribution in [2.45, 2.75) is 44.6 Å². The summed E-state index contributed by atoms with van der Waals surface area (Å²) in [4.78, 5) is 28.9. The largest absolute Gasteiger partial charge is 0.282 e. The Kier molecular flexibility index (Phi) is 3.49. The number of hydrogen-bond donors (Lipinski definition) is 0. The van der Waals surface area contributed by atoms with E-state index in [4.69, 9.17) is 0 Å². The lowest BCUT2D eigenvalue weighted by Crippen LogP contribution is -2.52. The van der Waals surface area contributed by atoms with Crippen LogP contribution < -0.4 is 0 Å². The molecule has 22 heavy (non-hydrogen) atoms. The van der Waals surface area contributed by atoms with Gasteiger partial charge in [0.1, 0.15) is 0 Å². The van der Waals surface area contributed by atoms with Crippen LogP contribution in [0.4, 0.5) is 0 Å². The molecule has 3 aliphatic rings. The van der Waals surface area contributed by atoms with Gasteiger partial charge in [0, 0.05) is 12.6 Å². The Hall–Kier alpha value is -1.68. The van der Waals surface area contributed by atoms with E-state index < -0.39 is 0 Å². The van der Waals surface area contributed by atoms with E-state index in [9.17, 15) is 9.59 Å². The second kappa shape index (κ2) is 5.51. The minimum absolute atomic E-state index is 0.126. The Balaban J connectivity index is 1.54. The summed E-state index contributed by atoms with van der Waals surface area (Å²) in [6.45, 7) is 1.47. The van der Waals surface area contributed by atoms with Gasteiger partial charge in [0.15, 0.2) is 0 Å². The predicted octanol–water partition coefficient (Wildman–Crippen LogP) is 2.89. The van der Waals surface area contributed by atoms with Crippen LogP contribution in [0.1, 0.15) is 59.2 Å². The molecule has 4 heteroatoms. The molecule has 0 unspecified atom stereocenters. The molecule has 0 aromatic heterocycles. The molecule has 4 nitrogen and oxygen atoms in total. The highest BCUT2D eigenvalue weighted by molar-refractivity contribution is 6.21. The van der Waals surface area contributed by atoms with Crippen LogP contribution in [0.3, 0.4) is 0 Å². The van der Waals surface area contributed by atoms with Crippen LogP contribution in [-0.2, 0) is 0 Å². The van der Waals surface area contributed by atoms with E-state index in [0.717, 1.165) is 12.5 Å². The third kappa shape index (κ3) is 2.17. The number of carbonyl (C=O) groups excluding carboxylic acids is 2. The Morgan fingerprint density at radius 3 is 2.27 bits per heavy atom. The molecule has 0 N–H and O–H groups in total. The predicted molar refractivity (Wildman–Crippen MR) is 83.5 cm³/mol. The van der Waals surface area contributed by atoms with Gasteiger partial charge >= 0.3 is 0 Å². The normalized spacial score (nSPS) is 28.6. The maximum Gasteiger partial charge on any atom is 0.262 e. The summed E-state index contributed by atoms with van der Waals surface area (Å²) >= 11 is 0. The molecule has 2 atom stereocenters. The second-order valence-corrected chi connectivity index (χ2v) is 6.79. The molecule has 4 rings (SSSR count). The standard InChI is InChI=1S/C18H22N2O2/c21-17-14-8-2-3-9-15(14)18(22)20(17)12-19-11-5-7-13-6-1-4-10-16(13)19/h2-3,8-9,13,16H,1,4-7,10-12H2/t13-,16+/m1/s1. The Labute approximate surface area is 131 Å². The zero-order valence-corrected chi connectivity index (χ0v) is 12.8. The minimum Gasteiger partial charge on any atom is -0.282 e. The number of carbonyl (C=O) groups is 2. The van der Waals surface area contributed by atoms with E-state index in [1.54, 1.807) is 12.1 Å². The summed E-state index contributed by atoms with van der Waals surface area (Å²) in [5.41, 5.74) is 1.12. The summed E-state index contributed by atoms with van der Waals surface area (Å²) < 4.78 is 0. The first kappa shape index (κ1) is 13.9. The average Bonchev–Trinajstić information content (AvgIpc) is 2.81. The van der Waals surface area contributed by atoms with E-state index >= 15 is 0 Å². The maximum absolute atomic E-state index is 12.5. The molecule has 1 aliphatic carbocycles. The van der Waals surface area contributed by atoms with Gasteiger partial charge in [-0.1, -0.05) is 25.0 Å². The summed E-state index contributed by atoms with van der Waals surface area (Å²) in [5, 5.41) is 0. The van der Waals surface area contributed by atoms with Gasteiger partial charge in [-0.05, 0) is 43.7 Å². The highest BCUT2D eigenvalue weighted by Gasteiger charge is 2.39. The van der Waals surface area contributed by atoms with Gasteiger partial charge in [-0.15, -0.1) is 0 Å². The molecule has 2 amide bonds. The summed E-state index contributed by atoms with van der Waals surface area (Å²) in [5.74, 6) is 0.509. The Morgan fingerprint density at radius 1 is 0.909 bits per heavy atom.